The highest BCUT2D eigenvalue weighted by atomic mass is 28.3. The molecule has 0 spiro atoms. The maximum absolute atomic E-state index is 11.0. The van der Waals surface area contributed by atoms with E-state index in [0.717, 1.165) is 17.1 Å². The molecule has 0 amide bonds. The molecule has 2 saturated carbocycles. The lowest BCUT2D eigenvalue weighted by atomic mass is 10.5. The van der Waals surface area contributed by atoms with Crippen molar-refractivity contribution in [2.24, 2.45) is 0 Å². The zero-order chi connectivity index (χ0) is 7.84. The molecule has 2 aliphatic carbocycles. The van der Waals surface area contributed by atoms with Crippen LogP contribution < -0.4 is 0 Å². The number of Topliss-reactive ketones (excluding diaryl/α,β-unsaturated/α-hetero) is 1. The first-order valence-corrected chi connectivity index (χ1v) is 6.92. The summed E-state index contributed by atoms with van der Waals surface area (Å²) in [5, 5.41) is 0. The summed E-state index contributed by atoms with van der Waals surface area (Å²) in [4.78, 5) is 11.0. The third kappa shape index (κ3) is 1.92. The molecule has 0 saturated heterocycles. The summed E-state index contributed by atoms with van der Waals surface area (Å²) in [6.07, 6.45) is 5.84. The van der Waals surface area contributed by atoms with Gasteiger partial charge in [0.15, 0.2) is 0 Å². The van der Waals surface area contributed by atoms with Gasteiger partial charge in [0.2, 0.25) is 0 Å². The molecule has 62 valence electrons. The molecule has 0 radical (unpaired) electrons. The van der Waals surface area contributed by atoms with Crippen molar-refractivity contribution in [1.29, 1.82) is 0 Å². The molecular formula is C9H16OSi. The van der Waals surface area contributed by atoms with Gasteiger partial charge in [0.1, 0.15) is 5.78 Å². The number of rotatable bonds is 4. The third-order valence-corrected chi connectivity index (χ3v) is 7.78. The van der Waals surface area contributed by atoms with E-state index in [9.17, 15) is 4.79 Å². The highest BCUT2D eigenvalue weighted by Crippen LogP contribution is 2.52. The van der Waals surface area contributed by atoms with Crippen LogP contribution in [0.5, 0.6) is 0 Å². The van der Waals surface area contributed by atoms with Crippen LogP contribution in [-0.2, 0) is 4.79 Å². The summed E-state index contributed by atoms with van der Waals surface area (Å²) >= 11 is 0. The van der Waals surface area contributed by atoms with E-state index in [1.807, 2.05) is 0 Å². The molecule has 0 bridgehead atoms. The molecular weight excluding hydrogens is 152 g/mol. The van der Waals surface area contributed by atoms with Gasteiger partial charge in [0.25, 0.3) is 0 Å². The van der Waals surface area contributed by atoms with E-state index in [0.29, 0.717) is 5.78 Å². The standard InChI is InChI=1S/C9H16OSi/c1-7(10)6-11(8-2-3-8)9-4-5-9/h8-9,11H,2-6H2,1H3. The lowest BCUT2D eigenvalue weighted by Gasteiger charge is -2.09. The van der Waals surface area contributed by atoms with Crippen molar-refractivity contribution in [2.45, 2.75) is 49.7 Å². The Hall–Kier alpha value is -0.113. The maximum Gasteiger partial charge on any atom is 0.126 e. The van der Waals surface area contributed by atoms with Crippen LogP contribution in [0.1, 0.15) is 32.6 Å². The number of hydrogen-bond donors (Lipinski definition) is 0. The minimum atomic E-state index is -0.566. The van der Waals surface area contributed by atoms with E-state index in [4.69, 9.17) is 0 Å². The van der Waals surface area contributed by atoms with Crippen molar-refractivity contribution in [1.82, 2.24) is 0 Å². The average Bonchev–Trinajstić information content (AvgIpc) is 2.79. The minimum absolute atomic E-state index is 0.459. The maximum atomic E-state index is 11.0. The number of carbonyl (C=O) groups excluding carboxylic acids is 1. The van der Waals surface area contributed by atoms with Crippen LogP contribution in [0.3, 0.4) is 0 Å². The van der Waals surface area contributed by atoms with Crippen LogP contribution >= 0.6 is 0 Å². The van der Waals surface area contributed by atoms with Crippen molar-refractivity contribution in [3.63, 3.8) is 0 Å². The predicted molar refractivity (Wildman–Crippen MR) is 48.6 cm³/mol. The lowest BCUT2D eigenvalue weighted by molar-refractivity contribution is -0.115. The Kier molecular flexibility index (Phi) is 1.87. The molecule has 0 atom stereocenters. The van der Waals surface area contributed by atoms with Gasteiger partial charge in [0.05, 0.1) is 8.80 Å². The Labute approximate surface area is 69.8 Å². The van der Waals surface area contributed by atoms with Gasteiger partial charge in [0, 0.05) is 0 Å². The van der Waals surface area contributed by atoms with Crippen LogP contribution in [0.25, 0.3) is 0 Å². The monoisotopic (exact) mass is 168 g/mol. The van der Waals surface area contributed by atoms with Gasteiger partial charge in [-0.05, 0) is 24.1 Å². The Morgan fingerprint density at radius 3 is 2.00 bits per heavy atom. The van der Waals surface area contributed by atoms with E-state index in [-0.39, 0.29) is 0 Å². The molecule has 1 nitrogen and oxygen atoms in total. The summed E-state index contributed by atoms with van der Waals surface area (Å²) in [6.45, 7) is 1.77. The van der Waals surface area contributed by atoms with Crippen LogP contribution in [0.2, 0.25) is 17.1 Å². The number of carbonyl (C=O) groups is 1. The van der Waals surface area contributed by atoms with Crippen LogP contribution in [-0.4, -0.2) is 14.6 Å². The van der Waals surface area contributed by atoms with Crippen molar-refractivity contribution < 1.29 is 4.79 Å². The summed E-state index contributed by atoms with van der Waals surface area (Å²) in [5.74, 6) is 0.459. The van der Waals surface area contributed by atoms with Gasteiger partial charge in [-0.15, -0.1) is 0 Å². The van der Waals surface area contributed by atoms with E-state index < -0.39 is 8.80 Å². The topological polar surface area (TPSA) is 17.1 Å². The molecule has 0 heterocycles. The van der Waals surface area contributed by atoms with Crippen LogP contribution in [0.15, 0.2) is 0 Å². The second-order valence-electron chi connectivity index (χ2n) is 4.24. The Bertz CT molecular complexity index is 158. The second kappa shape index (κ2) is 2.74. The molecule has 0 N–H and O–H groups in total. The van der Waals surface area contributed by atoms with Crippen LogP contribution in [0.4, 0.5) is 0 Å². The first-order valence-electron chi connectivity index (χ1n) is 4.77. The van der Waals surface area contributed by atoms with E-state index in [1.165, 1.54) is 25.7 Å². The van der Waals surface area contributed by atoms with Crippen LogP contribution in [0, 0.1) is 0 Å². The van der Waals surface area contributed by atoms with Gasteiger partial charge >= 0.3 is 0 Å². The summed E-state index contributed by atoms with van der Waals surface area (Å²) < 4.78 is 0. The fourth-order valence-electron chi connectivity index (χ4n) is 2.10. The zero-order valence-corrected chi connectivity index (χ0v) is 8.33. The smallest absolute Gasteiger partial charge is 0.126 e. The highest BCUT2D eigenvalue weighted by molar-refractivity contribution is 6.67. The number of ketones is 1. The van der Waals surface area contributed by atoms with Gasteiger partial charge in [-0.1, -0.05) is 25.7 Å². The first-order chi connectivity index (χ1) is 5.27. The number of hydrogen-bond acceptors (Lipinski definition) is 1. The molecule has 0 aromatic heterocycles. The Morgan fingerprint density at radius 2 is 1.73 bits per heavy atom. The molecule has 0 aromatic rings. The minimum Gasteiger partial charge on any atom is -0.300 e. The van der Waals surface area contributed by atoms with Crippen molar-refractivity contribution in [3.8, 4) is 0 Å². The molecule has 0 unspecified atom stereocenters. The molecule has 0 aliphatic heterocycles. The molecule has 2 aliphatic rings. The molecule has 11 heavy (non-hydrogen) atoms. The molecule has 0 aromatic carbocycles. The highest BCUT2D eigenvalue weighted by Gasteiger charge is 2.42. The normalized spacial score (nSPS) is 24.2. The SMILES string of the molecule is CC(=O)C[SiH](C1CC1)C1CC1. The van der Waals surface area contributed by atoms with Gasteiger partial charge in [-0.2, -0.15) is 0 Å². The fourth-order valence-corrected chi connectivity index (χ4v) is 6.30. The van der Waals surface area contributed by atoms with Crippen molar-refractivity contribution in [2.75, 3.05) is 0 Å². The van der Waals surface area contributed by atoms with E-state index in [2.05, 4.69) is 0 Å². The summed E-state index contributed by atoms with van der Waals surface area (Å²) in [5.41, 5.74) is 2.15. The molecule has 2 rings (SSSR count). The zero-order valence-electron chi connectivity index (χ0n) is 7.18. The quantitative estimate of drug-likeness (QED) is 0.588. The summed E-state index contributed by atoms with van der Waals surface area (Å²) in [6, 6.07) is 1.01. The van der Waals surface area contributed by atoms with E-state index >= 15 is 0 Å². The molecule has 2 heteroatoms. The molecule has 2 fully saturated rings. The summed E-state index contributed by atoms with van der Waals surface area (Å²) in [7, 11) is -0.566. The predicted octanol–water partition coefficient (Wildman–Crippen LogP) is 2.13. The lowest BCUT2D eigenvalue weighted by Crippen LogP contribution is -2.16. The first kappa shape index (κ1) is 7.53. The fraction of sp³-hybridized carbons (Fsp3) is 0.889. The van der Waals surface area contributed by atoms with Gasteiger partial charge < -0.3 is 4.79 Å². The van der Waals surface area contributed by atoms with Crippen molar-refractivity contribution >= 4 is 14.6 Å². The average molecular weight is 168 g/mol. The second-order valence-corrected chi connectivity index (χ2v) is 7.87. The Morgan fingerprint density at radius 1 is 1.27 bits per heavy atom. The van der Waals surface area contributed by atoms with E-state index in [1.54, 1.807) is 6.92 Å². The Balaban J connectivity index is 1.86. The third-order valence-electron chi connectivity index (χ3n) is 2.98. The van der Waals surface area contributed by atoms with Gasteiger partial charge in [-0.25, -0.2) is 0 Å². The van der Waals surface area contributed by atoms with Crippen molar-refractivity contribution in [3.05, 3.63) is 0 Å². The largest absolute Gasteiger partial charge is 0.300 e. The van der Waals surface area contributed by atoms with Gasteiger partial charge in [-0.3, -0.25) is 0 Å².